The minimum Gasteiger partial charge on any atom is -0.484 e. The summed E-state index contributed by atoms with van der Waals surface area (Å²) < 4.78 is 18.6. The fourth-order valence-electron chi connectivity index (χ4n) is 1.97. The molecule has 0 aliphatic carbocycles. The zero-order valence-corrected chi connectivity index (χ0v) is 14.1. The topological polar surface area (TPSA) is 38.3 Å². The summed E-state index contributed by atoms with van der Waals surface area (Å²) in [5, 5.41) is 2.57. The molecule has 3 nitrogen and oxygen atoms in total. The summed E-state index contributed by atoms with van der Waals surface area (Å²) in [6.45, 7) is 6.19. The maximum absolute atomic E-state index is 13.1. The molecule has 1 N–H and O–H groups in total. The van der Waals surface area contributed by atoms with Gasteiger partial charge in [0, 0.05) is 5.69 Å². The summed E-state index contributed by atoms with van der Waals surface area (Å²) >= 11 is 5.67. The van der Waals surface area contributed by atoms with Crippen LogP contribution < -0.4 is 10.1 Å². The van der Waals surface area contributed by atoms with Crippen LogP contribution in [0.5, 0.6) is 5.75 Å². The average molecular weight is 336 g/mol. The van der Waals surface area contributed by atoms with Gasteiger partial charge in [-0.05, 0) is 41.3 Å². The van der Waals surface area contributed by atoms with Gasteiger partial charge in [0.2, 0.25) is 0 Å². The highest BCUT2D eigenvalue weighted by Crippen LogP contribution is 2.25. The quantitative estimate of drug-likeness (QED) is 0.872. The van der Waals surface area contributed by atoms with E-state index in [4.69, 9.17) is 16.3 Å². The Bertz CT molecular complexity index is 710. The molecule has 0 radical (unpaired) electrons. The normalized spacial score (nSPS) is 11.2. The van der Waals surface area contributed by atoms with Gasteiger partial charge in [-0.1, -0.05) is 44.5 Å². The molecule has 0 fully saturated rings. The molecule has 0 spiro atoms. The monoisotopic (exact) mass is 335 g/mol. The van der Waals surface area contributed by atoms with Crippen molar-refractivity contribution in [2.75, 3.05) is 11.9 Å². The third kappa shape index (κ3) is 4.96. The fraction of sp³-hybridized carbons (Fsp3) is 0.278. The SMILES string of the molecule is CC(C)(C)c1cccc(OCC(=O)Nc2ccc(F)c(Cl)c2)c1. The zero-order valence-electron chi connectivity index (χ0n) is 13.3. The van der Waals surface area contributed by atoms with E-state index in [0.717, 1.165) is 5.56 Å². The van der Waals surface area contributed by atoms with Crippen LogP contribution in [-0.4, -0.2) is 12.5 Å². The van der Waals surface area contributed by atoms with E-state index < -0.39 is 5.82 Å². The summed E-state index contributed by atoms with van der Waals surface area (Å²) in [5.41, 5.74) is 1.56. The molecule has 0 heterocycles. The van der Waals surface area contributed by atoms with Crippen molar-refractivity contribution in [3.63, 3.8) is 0 Å². The summed E-state index contributed by atoms with van der Waals surface area (Å²) in [6, 6.07) is 11.6. The molecule has 0 atom stereocenters. The molecule has 0 aromatic heterocycles. The number of rotatable bonds is 4. The molecule has 122 valence electrons. The first-order chi connectivity index (χ1) is 10.8. The second-order valence-electron chi connectivity index (χ2n) is 6.24. The zero-order chi connectivity index (χ0) is 17.0. The predicted octanol–water partition coefficient (Wildman–Crippen LogP) is 4.79. The van der Waals surface area contributed by atoms with Crippen molar-refractivity contribution in [2.45, 2.75) is 26.2 Å². The van der Waals surface area contributed by atoms with Crippen molar-refractivity contribution in [3.05, 3.63) is 58.9 Å². The third-order valence-electron chi connectivity index (χ3n) is 3.27. The average Bonchev–Trinajstić information content (AvgIpc) is 2.48. The van der Waals surface area contributed by atoms with Crippen molar-refractivity contribution in [1.29, 1.82) is 0 Å². The Hall–Kier alpha value is -2.07. The van der Waals surface area contributed by atoms with Crippen LogP contribution in [0, 0.1) is 5.82 Å². The van der Waals surface area contributed by atoms with Gasteiger partial charge in [-0.3, -0.25) is 4.79 Å². The molecule has 0 saturated carbocycles. The first kappa shape index (κ1) is 17.3. The molecule has 0 aliphatic rings. The largest absolute Gasteiger partial charge is 0.484 e. The third-order valence-corrected chi connectivity index (χ3v) is 3.56. The Labute approximate surface area is 140 Å². The van der Waals surface area contributed by atoms with Gasteiger partial charge in [-0.15, -0.1) is 0 Å². The molecule has 23 heavy (non-hydrogen) atoms. The lowest BCUT2D eigenvalue weighted by molar-refractivity contribution is -0.118. The van der Waals surface area contributed by atoms with Crippen LogP contribution in [0.3, 0.4) is 0 Å². The van der Waals surface area contributed by atoms with Gasteiger partial charge in [-0.25, -0.2) is 4.39 Å². The number of ether oxygens (including phenoxy) is 1. The van der Waals surface area contributed by atoms with Gasteiger partial charge in [0.05, 0.1) is 5.02 Å². The number of anilines is 1. The minimum atomic E-state index is -0.528. The van der Waals surface area contributed by atoms with Gasteiger partial charge in [-0.2, -0.15) is 0 Å². The lowest BCUT2D eigenvalue weighted by atomic mass is 9.87. The number of halogens is 2. The smallest absolute Gasteiger partial charge is 0.262 e. The summed E-state index contributed by atoms with van der Waals surface area (Å²) in [4.78, 5) is 11.9. The van der Waals surface area contributed by atoms with E-state index in [2.05, 4.69) is 26.1 Å². The van der Waals surface area contributed by atoms with Gasteiger partial charge in [0.15, 0.2) is 6.61 Å². The predicted molar refractivity (Wildman–Crippen MR) is 90.7 cm³/mol. The molecule has 2 rings (SSSR count). The number of benzene rings is 2. The molecule has 2 aromatic rings. The highest BCUT2D eigenvalue weighted by Gasteiger charge is 2.14. The Morgan fingerprint density at radius 3 is 2.61 bits per heavy atom. The van der Waals surface area contributed by atoms with Crippen LogP contribution in [0.1, 0.15) is 26.3 Å². The van der Waals surface area contributed by atoms with Crippen LogP contribution in [-0.2, 0) is 10.2 Å². The number of hydrogen-bond acceptors (Lipinski definition) is 2. The van der Waals surface area contributed by atoms with E-state index in [1.54, 1.807) is 6.07 Å². The Kier molecular flexibility index (Phi) is 5.26. The lowest BCUT2D eigenvalue weighted by Crippen LogP contribution is -2.20. The van der Waals surface area contributed by atoms with Gasteiger partial charge < -0.3 is 10.1 Å². The molecule has 1 amide bonds. The maximum atomic E-state index is 13.1. The Morgan fingerprint density at radius 1 is 1.22 bits per heavy atom. The van der Waals surface area contributed by atoms with Crippen LogP contribution in [0.2, 0.25) is 5.02 Å². The second-order valence-corrected chi connectivity index (χ2v) is 6.65. The summed E-state index contributed by atoms with van der Waals surface area (Å²) in [5.74, 6) is -0.238. The van der Waals surface area contributed by atoms with Crippen molar-refractivity contribution in [3.8, 4) is 5.75 Å². The molecule has 2 aromatic carbocycles. The number of nitrogens with one attached hydrogen (secondary N) is 1. The first-order valence-corrected chi connectivity index (χ1v) is 7.62. The Balaban J connectivity index is 1.95. The van der Waals surface area contributed by atoms with Crippen LogP contribution in [0.4, 0.5) is 10.1 Å². The van der Waals surface area contributed by atoms with Crippen molar-refractivity contribution in [1.82, 2.24) is 0 Å². The second kappa shape index (κ2) is 7.01. The molecule has 0 unspecified atom stereocenters. The lowest BCUT2D eigenvalue weighted by Gasteiger charge is -2.19. The van der Waals surface area contributed by atoms with E-state index >= 15 is 0 Å². The molecular weight excluding hydrogens is 317 g/mol. The molecule has 0 bridgehead atoms. The van der Waals surface area contributed by atoms with Crippen LogP contribution >= 0.6 is 11.6 Å². The van der Waals surface area contributed by atoms with E-state index in [0.29, 0.717) is 11.4 Å². The number of amides is 1. The van der Waals surface area contributed by atoms with E-state index in [1.165, 1.54) is 18.2 Å². The summed E-state index contributed by atoms with van der Waals surface area (Å²) in [6.07, 6.45) is 0. The van der Waals surface area contributed by atoms with Gasteiger partial charge >= 0.3 is 0 Å². The Morgan fingerprint density at radius 2 is 1.96 bits per heavy atom. The number of carbonyl (C=O) groups is 1. The number of carbonyl (C=O) groups excluding carboxylic acids is 1. The van der Waals surface area contributed by atoms with Gasteiger partial charge in [0.1, 0.15) is 11.6 Å². The molecule has 5 heteroatoms. The van der Waals surface area contributed by atoms with E-state index in [9.17, 15) is 9.18 Å². The van der Waals surface area contributed by atoms with Crippen LogP contribution in [0.25, 0.3) is 0 Å². The van der Waals surface area contributed by atoms with E-state index in [1.807, 2.05) is 18.2 Å². The van der Waals surface area contributed by atoms with E-state index in [-0.39, 0.29) is 23.0 Å². The minimum absolute atomic E-state index is 0.00644. The standard InChI is InChI=1S/C18H19ClFNO2/c1-18(2,3)12-5-4-6-14(9-12)23-11-17(22)21-13-7-8-16(20)15(19)10-13/h4-10H,11H2,1-3H3,(H,21,22). The highest BCUT2D eigenvalue weighted by atomic mass is 35.5. The number of hydrogen-bond donors (Lipinski definition) is 1. The maximum Gasteiger partial charge on any atom is 0.262 e. The van der Waals surface area contributed by atoms with Gasteiger partial charge in [0.25, 0.3) is 5.91 Å². The summed E-state index contributed by atoms with van der Waals surface area (Å²) in [7, 11) is 0. The fourth-order valence-corrected chi connectivity index (χ4v) is 2.15. The highest BCUT2D eigenvalue weighted by molar-refractivity contribution is 6.31. The van der Waals surface area contributed by atoms with Crippen molar-refractivity contribution >= 4 is 23.2 Å². The van der Waals surface area contributed by atoms with Crippen molar-refractivity contribution < 1.29 is 13.9 Å². The molecule has 0 saturated heterocycles. The van der Waals surface area contributed by atoms with Crippen LogP contribution in [0.15, 0.2) is 42.5 Å². The van der Waals surface area contributed by atoms with Crippen molar-refractivity contribution in [2.24, 2.45) is 0 Å². The first-order valence-electron chi connectivity index (χ1n) is 7.24. The molecule has 0 aliphatic heterocycles. The molecular formula is C18H19ClFNO2.